The Bertz CT molecular complexity index is 170. The highest BCUT2D eigenvalue weighted by Crippen LogP contribution is 2.29. The molecule has 15 heavy (non-hydrogen) atoms. The van der Waals surface area contributed by atoms with Crippen LogP contribution in [-0.2, 0) is 0 Å². The minimum Gasteiger partial charge on any atom is -0.396 e. The average molecular weight is 214 g/mol. The summed E-state index contributed by atoms with van der Waals surface area (Å²) < 4.78 is 0. The zero-order chi connectivity index (χ0) is 11.3. The van der Waals surface area contributed by atoms with Crippen LogP contribution in [0.15, 0.2) is 0 Å². The maximum atomic E-state index is 9.84. The molecule has 0 aromatic heterocycles. The number of rotatable bonds is 2. The van der Waals surface area contributed by atoms with Gasteiger partial charge in [-0.05, 0) is 37.0 Å². The molecule has 1 saturated carbocycles. The minimum atomic E-state index is -0.104. The van der Waals surface area contributed by atoms with Gasteiger partial charge in [0.25, 0.3) is 0 Å². The van der Waals surface area contributed by atoms with Crippen LogP contribution in [0.4, 0.5) is 0 Å². The Morgan fingerprint density at radius 3 is 2.47 bits per heavy atom. The monoisotopic (exact) mass is 214 g/mol. The van der Waals surface area contributed by atoms with Gasteiger partial charge in [-0.3, -0.25) is 0 Å². The molecule has 0 aromatic rings. The minimum absolute atomic E-state index is 0.104. The molecule has 1 fully saturated rings. The SMILES string of the molecule is CC1CCC(C(C)CO)CCCCC1O. The number of hydrogen-bond donors (Lipinski definition) is 2. The lowest BCUT2D eigenvalue weighted by atomic mass is 9.84. The maximum absolute atomic E-state index is 9.84. The largest absolute Gasteiger partial charge is 0.396 e. The quantitative estimate of drug-likeness (QED) is 0.741. The van der Waals surface area contributed by atoms with Crippen molar-refractivity contribution >= 4 is 0 Å². The van der Waals surface area contributed by atoms with E-state index in [1.165, 1.54) is 19.3 Å². The van der Waals surface area contributed by atoms with E-state index in [1.807, 2.05) is 0 Å². The van der Waals surface area contributed by atoms with Gasteiger partial charge in [0.15, 0.2) is 0 Å². The third-order valence-corrected chi connectivity index (χ3v) is 4.07. The molecule has 0 spiro atoms. The molecule has 90 valence electrons. The predicted octanol–water partition coefficient (Wildman–Crippen LogP) is 2.58. The Morgan fingerprint density at radius 2 is 1.80 bits per heavy atom. The van der Waals surface area contributed by atoms with E-state index in [9.17, 15) is 10.2 Å². The van der Waals surface area contributed by atoms with Crippen LogP contribution in [-0.4, -0.2) is 22.9 Å². The molecule has 0 bridgehead atoms. The first-order valence-electron chi connectivity index (χ1n) is 6.44. The highest BCUT2D eigenvalue weighted by atomic mass is 16.3. The van der Waals surface area contributed by atoms with Crippen LogP contribution in [0, 0.1) is 17.8 Å². The zero-order valence-corrected chi connectivity index (χ0v) is 10.2. The molecule has 2 heteroatoms. The van der Waals surface area contributed by atoms with Crippen LogP contribution in [0.3, 0.4) is 0 Å². The van der Waals surface area contributed by atoms with Gasteiger partial charge in [0.1, 0.15) is 0 Å². The van der Waals surface area contributed by atoms with Crippen LogP contribution in [0.5, 0.6) is 0 Å². The van der Waals surface area contributed by atoms with Crippen molar-refractivity contribution < 1.29 is 10.2 Å². The van der Waals surface area contributed by atoms with Gasteiger partial charge in [-0.15, -0.1) is 0 Å². The Hall–Kier alpha value is -0.0800. The Morgan fingerprint density at radius 1 is 1.13 bits per heavy atom. The molecular weight excluding hydrogens is 188 g/mol. The van der Waals surface area contributed by atoms with Crippen molar-refractivity contribution in [3.8, 4) is 0 Å². The van der Waals surface area contributed by atoms with Gasteiger partial charge >= 0.3 is 0 Å². The summed E-state index contributed by atoms with van der Waals surface area (Å²) in [6.07, 6.45) is 6.70. The fraction of sp³-hybridized carbons (Fsp3) is 1.00. The first-order valence-corrected chi connectivity index (χ1v) is 6.44. The third kappa shape index (κ3) is 4.12. The molecule has 1 rings (SSSR count). The van der Waals surface area contributed by atoms with Gasteiger partial charge in [-0.2, -0.15) is 0 Å². The summed E-state index contributed by atoms with van der Waals surface area (Å²) in [7, 11) is 0. The van der Waals surface area contributed by atoms with Gasteiger partial charge in [0, 0.05) is 6.61 Å². The van der Waals surface area contributed by atoms with Crippen molar-refractivity contribution in [3.63, 3.8) is 0 Å². The Balaban J connectivity index is 2.47. The molecule has 0 radical (unpaired) electrons. The van der Waals surface area contributed by atoms with Crippen molar-refractivity contribution in [2.24, 2.45) is 17.8 Å². The number of aliphatic hydroxyl groups is 2. The molecule has 0 saturated heterocycles. The first-order chi connectivity index (χ1) is 7.15. The molecule has 4 atom stereocenters. The standard InChI is InChI=1S/C13H26O2/c1-10-7-8-12(11(2)9-14)5-3-4-6-13(10)15/h10-15H,3-9H2,1-2H3. The summed E-state index contributed by atoms with van der Waals surface area (Å²) in [5.41, 5.74) is 0. The predicted molar refractivity (Wildman–Crippen MR) is 62.6 cm³/mol. The first kappa shape index (κ1) is 13.0. The average Bonchev–Trinajstić information content (AvgIpc) is 2.32. The van der Waals surface area contributed by atoms with Gasteiger partial charge in [0.2, 0.25) is 0 Å². The third-order valence-electron chi connectivity index (χ3n) is 4.07. The molecule has 1 aliphatic rings. The lowest BCUT2D eigenvalue weighted by Crippen LogP contribution is -2.19. The van der Waals surface area contributed by atoms with Crippen molar-refractivity contribution in [2.75, 3.05) is 6.61 Å². The van der Waals surface area contributed by atoms with Gasteiger partial charge < -0.3 is 10.2 Å². The molecule has 1 aliphatic carbocycles. The second kappa shape index (κ2) is 6.49. The second-order valence-corrected chi connectivity index (χ2v) is 5.33. The summed E-state index contributed by atoms with van der Waals surface area (Å²) in [6, 6.07) is 0. The highest BCUT2D eigenvalue weighted by Gasteiger charge is 2.22. The van der Waals surface area contributed by atoms with Crippen LogP contribution >= 0.6 is 0 Å². The topological polar surface area (TPSA) is 40.5 Å². The molecule has 0 aromatic carbocycles. The lowest BCUT2D eigenvalue weighted by Gasteiger charge is -2.23. The summed E-state index contributed by atoms with van der Waals surface area (Å²) in [6.45, 7) is 4.60. The Kier molecular flexibility index (Phi) is 5.62. The summed E-state index contributed by atoms with van der Waals surface area (Å²) >= 11 is 0. The maximum Gasteiger partial charge on any atom is 0.0565 e. The normalized spacial score (nSPS) is 36.4. The highest BCUT2D eigenvalue weighted by molar-refractivity contribution is 4.73. The van der Waals surface area contributed by atoms with E-state index in [0.717, 1.165) is 19.3 Å². The molecule has 0 heterocycles. The van der Waals surface area contributed by atoms with Crippen molar-refractivity contribution in [1.29, 1.82) is 0 Å². The van der Waals surface area contributed by atoms with Gasteiger partial charge in [-0.1, -0.05) is 33.1 Å². The van der Waals surface area contributed by atoms with E-state index in [-0.39, 0.29) is 6.10 Å². The van der Waals surface area contributed by atoms with E-state index in [4.69, 9.17) is 0 Å². The smallest absolute Gasteiger partial charge is 0.0565 e. The molecule has 4 unspecified atom stereocenters. The van der Waals surface area contributed by atoms with E-state index >= 15 is 0 Å². The molecule has 2 nitrogen and oxygen atoms in total. The molecule has 2 N–H and O–H groups in total. The van der Waals surface area contributed by atoms with E-state index in [2.05, 4.69) is 13.8 Å². The molecule has 0 amide bonds. The van der Waals surface area contributed by atoms with Crippen LogP contribution in [0.1, 0.15) is 52.4 Å². The lowest BCUT2D eigenvalue weighted by molar-refractivity contribution is 0.0982. The van der Waals surface area contributed by atoms with E-state index in [0.29, 0.717) is 24.4 Å². The van der Waals surface area contributed by atoms with Crippen LogP contribution in [0.25, 0.3) is 0 Å². The van der Waals surface area contributed by atoms with Gasteiger partial charge in [-0.25, -0.2) is 0 Å². The summed E-state index contributed by atoms with van der Waals surface area (Å²) in [4.78, 5) is 0. The van der Waals surface area contributed by atoms with Gasteiger partial charge in [0.05, 0.1) is 6.10 Å². The van der Waals surface area contributed by atoms with Crippen molar-refractivity contribution in [1.82, 2.24) is 0 Å². The molecular formula is C13H26O2. The fourth-order valence-electron chi connectivity index (χ4n) is 2.58. The second-order valence-electron chi connectivity index (χ2n) is 5.33. The Labute approximate surface area is 93.7 Å². The van der Waals surface area contributed by atoms with E-state index < -0.39 is 0 Å². The number of hydrogen-bond acceptors (Lipinski definition) is 2. The summed E-state index contributed by atoms with van der Waals surface area (Å²) in [5.74, 6) is 1.51. The van der Waals surface area contributed by atoms with E-state index in [1.54, 1.807) is 0 Å². The van der Waals surface area contributed by atoms with Crippen LogP contribution < -0.4 is 0 Å². The van der Waals surface area contributed by atoms with Crippen molar-refractivity contribution in [2.45, 2.75) is 58.5 Å². The number of aliphatic hydroxyl groups excluding tert-OH is 2. The fourth-order valence-corrected chi connectivity index (χ4v) is 2.58. The zero-order valence-electron chi connectivity index (χ0n) is 10.2. The summed E-state index contributed by atoms with van der Waals surface area (Å²) in [5, 5.41) is 19.0. The molecule has 0 aliphatic heterocycles. The van der Waals surface area contributed by atoms with Crippen molar-refractivity contribution in [3.05, 3.63) is 0 Å². The van der Waals surface area contributed by atoms with Crippen LogP contribution in [0.2, 0.25) is 0 Å².